The molecule has 2 aromatic carbocycles. The summed E-state index contributed by atoms with van der Waals surface area (Å²) in [4.78, 5) is 24.5. The van der Waals surface area contributed by atoms with E-state index in [9.17, 15) is 9.18 Å². The van der Waals surface area contributed by atoms with Crippen LogP contribution in [0.3, 0.4) is 0 Å². The van der Waals surface area contributed by atoms with E-state index in [1.165, 1.54) is 22.9 Å². The smallest absolute Gasteiger partial charge is 0.267 e. The third-order valence-electron chi connectivity index (χ3n) is 5.93. The number of hydrogen-bond acceptors (Lipinski definition) is 7. The van der Waals surface area contributed by atoms with Gasteiger partial charge in [0.15, 0.2) is 5.65 Å². The molecular weight excluding hydrogens is 437 g/mol. The predicted octanol–water partition coefficient (Wildman–Crippen LogP) is 3.11. The Morgan fingerprint density at radius 2 is 2.00 bits per heavy atom. The molecular formula is C24H20FN7O2. The van der Waals surface area contributed by atoms with E-state index in [2.05, 4.69) is 30.4 Å². The molecule has 1 atom stereocenters. The van der Waals surface area contributed by atoms with Crippen molar-refractivity contribution in [1.82, 2.24) is 24.7 Å². The summed E-state index contributed by atoms with van der Waals surface area (Å²) in [6.45, 7) is 1.17. The molecule has 0 aliphatic carbocycles. The molecule has 0 spiro atoms. The number of nitrogens with one attached hydrogen (secondary N) is 2. The molecule has 3 aromatic heterocycles. The molecule has 0 radical (unpaired) electrons. The number of likely N-dealkylation sites (N-methyl/N-ethyl adjacent to an activating group) is 1. The van der Waals surface area contributed by atoms with Crippen LogP contribution in [0.15, 0.2) is 65.7 Å². The summed E-state index contributed by atoms with van der Waals surface area (Å²) < 4.78 is 21.1. The Hall–Kier alpha value is -4.47. The number of ether oxygens (including phenoxy) is 1. The topological polar surface area (TPSA) is 101 Å². The lowest BCUT2D eigenvalue weighted by molar-refractivity contribution is 0.208. The summed E-state index contributed by atoms with van der Waals surface area (Å²) in [5.74, 6) is 0.790. The zero-order valence-electron chi connectivity index (χ0n) is 18.2. The lowest BCUT2D eigenvalue weighted by Crippen LogP contribution is -2.41. The first-order chi connectivity index (χ1) is 16.6. The number of pyridine rings is 1. The van der Waals surface area contributed by atoms with Crippen molar-refractivity contribution in [3.63, 3.8) is 0 Å². The van der Waals surface area contributed by atoms with E-state index in [1.54, 1.807) is 18.3 Å². The number of nitrogens with zero attached hydrogens (tertiary/aromatic N) is 5. The van der Waals surface area contributed by atoms with Crippen LogP contribution in [0.5, 0.6) is 5.75 Å². The van der Waals surface area contributed by atoms with Crippen LogP contribution in [0.25, 0.3) is 27.6 Å². The molecule has 1 aliphatic heterocycles. The van der Waals surface area contributed by atoms with E-state index in [4.69, 9.17) is 4.74 Å². The first-order valence-corrected chi connectivity index (χ1v) is 10.8. The van der Waals surface area contributed by atoms with Gasteiger partial charge in [-0.05, 0) is 36.4 Å². The SMILES string of the molecule is CN1CC(CNc2ncc3c4n[nH]cc4c(=O)n(-c4ccc(F)cc4)c3n2)Oc2ccccc21. The van der Waals surface area contributed by atoms with Gasteiger partial charge in [0.2, 0.25) is 5.95 Å². The Balaban J connectivity index is 1.37. The van der Waals surface area contributed by atoms with Crippen LogP contribution < -0.4 is 20.5 Å². The van der Waals surface area contributed by atoms with Crippen LogP contribution in [0.4, 0.5) is 16.0 Å². The molecule has 9 nitrogen and oxygen atoms in total. The minimum atomic E-state index is -0.388. The van der Waals surface area contributed by atoms with Crippen molar-refractivity contribution >= 4 is 33.6 Å². The average molecular weight is 457 g/mol. The van der Waals surface area contributed by atoms with E-state index in [0.29, 0.717) is 46.7 Å². The quantitative estimate of drug-likeness (QED) is 0.428. The van der Waals surface area contributed by atoms with Crippen molar-refractivity contribution in [2.45, 2.75) is 6.10 Å². The molecule has 5 aromatic rings. The van der Waals surface area contributed by atoms with Gasteiger partial charge in [-0.25, -0.2) is 9.37 Å². The molecule has 1 aliphatic rings. The number of benzene rings is 2. The van der Waals surface area contributed by atoms with E-state index in [0.717, 1.165) is 11.4 Å². The van der Waals surface area contributed by atoms with Crippen molar-refractivity contribution in [2.75, 3.05) is 30.4 Å². The summed E-state index contributed by atoms with van der Waals surface area (Å²) in [5.41, 5.74) is 2.10. The lowest BCUT2D eigenvalue weighted by Gasteiger charge is -2.33. The molecule has 10 heteroatoms. The highest BCUT2D eigenvalue weighted by atomic mass is 19.1. The maximum absolute atomic E-state index is 13.5. The van der Waals surface area contributed by atoms with Crippen molar-refractivity contribution in [3.8, 4) is 11.4 Å². The Kier molecular flexibility index (Phi) is 4.65. The molecule has 6 rings (SSSR count). The third-order valence-corrected chi connectivity index (χ3v) is 5.93. The number of fused-ring (bicyclic) bond motifs is 4. The van der Waals surface area contributed by atoms with Crippen LogP contribution in [0, 0.1) is 5.82 Å². The van der Waals surface area contributed by atoms with Crippen LogP contribution >= 0.6 is 0 Å². The highest BCUT2D eigenvalue weighted by Gasteiger charge is 2.23. The monoisotopic (exact) mass is 457 g/mol. The largest absolute Gasteiger partial charge is 0.485 e. The highest BCUT2D eigenvalue weighted by molar-refractivity contribution is 6.02. The Morgan fingerprint density at radius 1 is 1.18 bits per heavy atom. The number of anilines is 2. The summed E-state index contributed by atoms with van der Waals surface area (Å²) in [6.07, 6.45) is 3.06. The molecule has 0 fully saturated rings. The second-order valence-electron chi connectivity index (χ2n) is 8.16. The first kappa shape index (κ1) is 20.2. The van der Waals surface area contributed by atoms with Crippen LogP contribution in [-0.4, -0.2) is 51.0 Å². The van der Waals surface area contributed by atoms with Gasteiger partial charge in [-0.15, -0.1) is 0 Å². The molecule has 0 amide bonds. The molecule has 170 valence electrons. The van der Waals surface area contributed by atoms with Crippen molar-refractivity contribution in [3.05, 3.63) is 77.1 Å². The molecule has 1 unspecified atom stereocenters. The summed E-state index contributed by atoms with van der Waals surface area (Å²) in [5, 5.41) is 11.2. The van der Waals surface area contributed by atoms with E-state index in [1.807, 2.05) is 31.3 Å². The van der Waals surface area contributed by atoms with Gasteiger partial charge in [-0.1, -0.05) is 12.1 Å². The predicted molar refractivity (Wildman–Crippen MR) is 127 cm³/mol. The summed E-state index contributed by atoms with van der Waals surface area (Å²) in [7, 11) is 2.03. The van der Waals surface area contributed by atoms with E-state index >= 15 is 0 Å². The fraction of sp³-hybridized carbons (Fsp3) is 0.167. The van der Waals surface area contributed by atoms with Gasteiger partial charge in [0.05, 0.1) is 35.2 Å². The highest BCUT2D eigenvalue weighted by Crippen LogP contribution is 2.32. The van der Waals surface area contributed by atoms with Crippen LogP contribution in [0.1, 0.15) is 0 Å². The normalized spacial score (nSPS) is 15.4. The molecule has 34 heavy (non-hydrogen) atoms. The van der Waals surface area contributed by atoms with Crippen molar-refractivity contribution < 1.29 is 9.13 Å². The van der Waals surface area contributed by atoms with Gasteiger partial charge in [0.1, 0.15) is 23.2 Å². The zero-order valence-corrected chi connectivity index (χ0v) is 18.2. The van der Waals surface area contributed by atoms with Crippen LogP contribution in [-0.2, 0) is 0 Å². The number of hydrogen-bond donors (Lipinski definition) is 2. The second-order valence-corrected chi connectivity index (χ2v) is 8.16. The Morgan fingerprint density at radius 3 is 2.85 bits per heavy atom. The maximum Gasteiger partial charge on any atom is 0.267 e. The fourth-order valence-electron chi connectivity index (χ4n) is 4.30. The number of rotatable bonds is 4. The Bertz CT molecular complexity index is 1580. The van der Waals surface area contributed by atoms with Crippen molar-refractivity contribution in [1.29, 1.82) is 0 Å². The maximum atomic E-state index is 13.5. The van der Waals surface area contributed by atoms with Gasteiger partial charge in [0, 0.05) is 19.4 Å². The van der Waals surface area contributed by atoms with Crippen molar-refractivity contribution in [2.24, 2.45) is 0 Å². The van der Waals surface area contributed by atoms with E-state index < -0.39 is 0 Å². The number of aromatic amines is 1. The fourth-order valence-corrected chi connectivity index (χ4v) is 4.30. The van der Waals surface area contributed by atoms with Gasteiger partial charge in [-0.3, -0.25) is 14.5 Å². The minimum absolute atomic E-state index is 0.118. The number of H-pyrrole nitrogens is 1. The number of aromatic nitrogens is 5. The van der Waals surface area contributed by atoms with Gasteiger partial charge in [0.25, 0.3) is 5.56 Å². The summed E-state index contributed by atoms with van der Waals surface area (Å²) >= 11 is 0. The first-order valence-electron chi connectivity index (χ1n) is 10.8. The lowest BCUT2D eigenvalue weighted by atomic mass is 10.2. The minimum Gasteiger partial charge on any atom is -0.485 e. The molecule has 2 N–H and O–H groups in total. The van der Waals surface area contributed by atoms with Gasteiger partial charge < -0.3 is 15.0 Å². The second kappa shape index (κ2) is 7.84. The zero-order chi connectivity index (χ0) is 23.2. The molecule has 0 saturated carbocycles. The van der Waals surface area contributed by atoms with Gasteiger partial charge >= 0.3 is 0 Å². The molecule has 4 heterocycles. The average Bonchev–Trinajstić information content (AvgIpc) is 3.35. The Labute approximate surface area is 192 Å². The standard InChI is InChI=1S/C24H20FN7O2/c1-31-13-16(34-20-5-3-2-4-19(20)31)10-26-24-27-11-17-21-18(12-28-30-21)23(33)32(22(17)29-24)15-8-6-14(25)7-9-15/h2-9,11-12,16H,10,13H2,1H3,(H,28,30)(H,26,27,29). The molecule has 0 bridgehead atoms. The molecule has 0 saturated heterocycles. The summed E-state index contributed by atoms with van der Waals surface area (Å²) in [6, 6.07) is 13.6. The third kappa shape index (κ3) is 3.31. The number of halogens is 1. The van der Waals surface area contributed by atoms with Gasteiger partial charge in [-0.2, -0.15) is 10.1 Å². The van der Waals surface area contributed by atoms with E-state index in [-0.39, 0.29) is 17.5 Å². The van der Waals surface area contributed by atoms with Crippen LogP contribution in [0.2, 0.25) is 0 Å². The number of para-hydroxylation sites is 2.